The van der Waals surface area contributed by atoms with Crippen LogP contribution in [0.15, 0.2) is 28.8 Å². The van der Waals surface area contributed by atoms with Crippen molar-refractivity contribution in [3.05, 3.63) is 28.8 Å². The van der Waals surface area contributed by atoms with E-state index in [0.29, 0.717) is 21.7 Å². The van der Waals surface area contributed by atoms with Crippen molar-refractivity contribution in [2.45, 2.75) is 45.2 Å². The van der Waals surface area contributed by atoms with Gasteiger partial charge in [0.25, 0.3) is 14.6 Å². The summed E-state index contributed by atoms with van der Waals surface area (Å²) in [6.07, 6.45) is 2.15. The molecule has 1 atom stereocenters. The molecule has 1 aromatic carbocycles. The molecule has 1 aromatic rings. The molecule has 0 N–H and O–H groups in total. The fourth-order valence-corrected chi connectivity index (χ4v) is 3.36. The fraction of sp³-hybridized carbons (Fsp3) is 0.471. The van der Waals surface area contributed by atoms with E-state index in [4.69, 9.17) is 18.6 Å². The van der Waals surface area contributed by atoms with Crippen molar-refractivity contribution in [2.24, 2.45) is 0 Å². The van der Waals surface area contributed by atoms with Gasteiger partial charge < -0.3 is 18.6 Å². The third-order valence-electron chi connectivity index (χ3n) is 4.25. The lowest BCUT2D eigenvalue weighted by molar-refractivity contribution is -0.147. The van der Waals surface area contributed by atoms with Gasteiger partial charge >= 0.3 is 5.97 Å². The molecule has 24 heavy (non-hydrogen) atoms. The van der Waals surface area contributed by atoms with Crippen molar-refractivity contribution in [1.29, 1.82) is 0 Å². The maximum absolute atomic E-state index is 11.2. The monoisotopic (exact) mass is 414 g/mol. The lowest BCUT2D eigenvalue weighted by Crippen LogP contribution is -2.44. The van der Waals surface area contributed by atoms with Gasteiger partial charge in [-0.05, 0) is 34.1 Å². The number of halogens is 1. The summed E-state index contributed by atoms with van der Waals surface area (Å²) in [5.41, 5.74) is 0. The molecule has 5 nitrogen and oxygen atoms in total. The molecule has 1 heterocycles. The maximum Gasteiger partial charge on any atom is 0.334 e. The number of esters is 1. The zero-order chi connectivity index (χ0) is 18.1. The van der Waals surface area contributed by atoms with Crippen LogP contribution in [0.1, 0.15) is 20.8 Å². The van der Waals surface area contributed by atoms with E-state index in [1.165, 1.54) is 6.08 Å². The quantitative estimate of drug-likeness (QED) is 0.517. The summed E-state index contributed by atoms with van der Waals surface area (Å²) >= 11 is 3.54. The van der Waals surface area contributed by atoms with Gasteiger partial charge in [0.15, 0.2) is 0 Å². The number of ether oxygens (including phenoxy) is 3. The molecule has 0 aromatic heterocycles. The second-order valence-corrected chi connectivity index (χ2v) is 12.6. The van der Waals surface area contributed by atoms with Crippen molar-refractivity contribution in [1.82, 2.24) is 0 Å². The highest BCUT2D eigenvalue weighted by atomic mass is 79.9. The summed E-state index contributed by atoms with van der Waals surface area (Å²) in [7, 11) is -0.449. The van der Waals surface area contributed by atoms with E-state index < -0.39 is 20.6 Å². The first-order chi connectivity index (χ1) is 11.0. The highest BCUT2D eigenvalue weighted by molar-refractivity contribution is 9.10. The first kappa shape index (κ1) is 18.9. The van der Waals surface area contributed by atoms with Crippen molar-refractivity contribution in [3.63, 3.8) is 0 Å². The number of rotatable bonds is 5. The zero-order valence-electron chi connectivity index (χ0n) is 14.8. The summed E-state index contributed by atoms with van der Waals surface area (Å²) in [5.74, 6) is 1.34. The van der Waals surface area contributed by atoms with Crippen LogP contribution in [0.25, 0.3) is 0 Å². The van der Waals surface area contributed by atoms with Crippen LogP contribution in [-0.4, -0.2) is 27.7 Å². The third-order valence-corrected chi connectivity index (χ3v) is 9.38. The summed E-state index contributed by atoms with van der Waals surface area (Å²) in [4.78, 5) is 11.2. The molecular weight excluding hydrogens is 392 g/mol. The lowest BCUT2D eigenvalue weighted by atomic mass is 10.2. The van der Waals surface area contributed by atoms with Crippen molar-refractivity contribution in [2.75, 3.05) is 7.11 Å². The van der Waals surface area contributed by atoms with Gasteiger partial charge in [-0.1, -0.05) is 20.8 Å². The van der Waals surface area contributed by atoms with E-state index in [-0.39, 0.29) is 5.04 Å². The van der Waals surface area contributed by atoms with Crippen LogP contribution < -0.4 is 13.9 Å². The number of cyclic esters (lactones) is 1. The molecule has 7 heteroatoms. The highest BCUT2D eigenvalue weighted by Gasteiger charge is 2.39. The van der Waals surface area contributed by atoms with Crippen LogP contribution in [0.4, 0.5) is 0 Å². The molecule has 132 valence electrons. The Hall–Kier alpha value is -1.47. The van der Waals surface area contributed by atoms with Crippen molar-refractivity contribution in [3.8, 4) is 17.2 Å². The van der Waals surface area contributed by atoms with Crippen LogP contribution >= 0.6 is 15.9 Å². The Bertz CT molecular complexity index is 664. The van der Waals surface area contributed by atoms with Gasteiger partial charge in [-0.25, -0.2) is 4.79 Å². The average Bonchev–Trinajstić information content (AvgIpc) is 2.86. The van der Waals surface area contributed by atoms with E-state index >= 15 is 0 Å². The van der Waals surface area contributed by atoms with E-state index in [2.05, 4.69) is 49.8 Å². The number of methoxy groups -OCH3 is 1. The summed E-state index contributed by atoms with van der Waals surface area (Å²) < 4.78 is 23.1. The Morgan fingerprint density at radius 3 is 2.33 bits per heavy atom. The Kier molecular flexibility index (Phi) is 5.34. The minimum atomic E-state index is -2.03. The van der Waals surface area contributed by atoms with Crippen molar-refractivity contribution >= 4 is 30.2 Å². The van der Waals surface area contributed by atoms with Gasteiger partial charge in [0.05, 0.1) is 7.11 Å². The molecule has 2 rings (SSSR count). The largest absolute Gasteiger partial charge is 0.543 e. The topological polar surface area (TPSA) is 54.0 Å². The molecular formula is C17H23BrO5Si. The second kappa shape index (κ2) is 6.80. The third kappa shape index (κ3) is 4.13. The average molecular weight is 415 g/mol. The first-order valence-electron chi connectivity index (χ1n) is 7.65. The van der Waals surface area contributed by atoms with Gasteiger partial charge in [-0.15, -0.1) is 0 Å². The number of carbonyl (C=O) groups excluding carboxylic acids is 1. The van der Waals surface area contributed by atoms with Gasteiger partial charge in [0.2, 0.25) is 0 Å². The maximum atomic E-state index is 11.2. The molecule has 1 aliphatic heterocycles. The lowest BCUT2D eigenvalue weighted by Gasteiger charge is -2.37. The molecule has 0 saturated heterocycles. The van der Waals surface area contributed by atoms with Crippen LogP contribution in [-0.2, 0) is 9.53 Å². The van der Waals surface area contributed by atoms with Crippen molar-refractivity contribution < 1.29 is 23.4 Å². The number of carbonyl (C=O) groups is 1. The standard InChI is InChI=1S/C17H23BrO5Si/c1-17(2,3)24(5,6)23-13-10-11(20-4)9-12(16(13)18)21-15-8-7-14(19)22-15/h7-10,15H,1-6H3/t15-/m1/s1. The van der Waals surface area contributed by atoms with E-state index in [1.54, 1.807) is 19.3 Å². The van der Waals surface area contributed by atoms with E-state index in [0.717, 1.165) is 0 Å². The molecule has 1 aliphatic rings. The molecule has 0 radical (unpaired) electrons. The first-order valence-corrected chi connectivity index (χ1v) is 11.4. The SMILES string of the molecule is COc1cc(O[C@H]2C=CC(=O)O2)c(Br)c(O[Si](C)(C)C(C)(C)C)c1. The molecule has 0 spiro atoms. The Morgan fingerprint density at radius 1 is 1.21 bits per heavy atom. The molecule has 0 amide bonds. The number of hydrogen-bond donors (Lipinski definition) is 0. The van der Waals surface area contributed by atoms with Gasteiger partial charge in [-0.3, -0.25) is 0 Å². The smallest absolute Gasteiger partial charge is 0.334 e. The molecule has 0 aliphatic carbocycles. The van der Waals surface area contributed by atoms with E-state index in [1.807, 2.05) is 6.07 Å². The van der Waals surface area contributed by atoms with Gasteiger partial charge in [-0.2, -0.15) is 0 Å². The molecule has 0 unspecified atom stereocenters. The van der Waals surface area contributed by atoms with Crippen LogP contribution in [0.5, 0.6) is 17.2 Å². The Labute approximate surface area is 152 Å². The van der Waals surface area contributed by atoms with Crippen LogP contribution in [0, 0.1) is 0 Å². The normalized spacial score (nSPS) is 17.6. The van der Waals surface area contributed by atoms with Gasteiger partial charge in [0, 0.05) is 24.3 Å². The minimum absolute atomic E-state index is 0.0558. The number of hydrogen-bond acceptors (Lipinski definition) is 5. The van der Waals surface area contributed by atoms with Crippen LogP contribution in [0.3, 0.4) is 0 Å². The Morgan fingerprint density at radius 2 is 1.83 bits per heavy atom. The second-order valence-electron chi connectivity index (χ2n) is 7.08. The minimum Gasteiger partial charge on any atom is -0.543 e. The van der Waals surface area contributed by atoms with Crippen LogP contribution in [0.2, 0.25) is 18.1 Å². The highest BCUT2D eigenvalue weighted by Crippen LogP contribution is 2.44. The summed E-state index contributed by atoms with van der Waals surface area (Å²) in [6, 6.07) is 3.55. The number of benzene rings is 1. The summed E-state index contributed by atoms with van der Waals surface area (Å²) in [6.45, 7) is 10.9. The zero-order valence-corrected chi connectivity index (χ0v) is 17.4. The molecule has 0 fully saturated rings. The summed E-state index contributed by atoms with van der Waals surface area (Å²) in [5, 5.41) is 0.0558. The molecule has 0 saturated carbocycles. The van der Waals surface area contributed by atoms with E-state index in [9.17, 15) is 4.79 Å². The predicted molar refractivity (Wildman–Crippen MR) is 98.2 cm³/mol. The van der Waals surface area contributed by atoms with Gasteiger partial charge in [0.1, 0.15) is 21.7 Å². The Balaban J connectivity index is 2.33. The predicted octanol–water partition coefficient (Wildman–Crippen LogP) is 4.66. The molecule has 0 bridgehead atoms. The fourth-order valence-electron chi connectivity index (χ4n) is 1.79.